The third-order valence-electron chi connectivity index (χ3n) is 9.20. The summed E-state index contributed by atoms with van der Waals surface area (Å²) >= 11 is 0. The van der Waals surface area contributed by atoms with Crippen LogP contribution in [0, 0.1) is 52.5 Å². The standard InChI is InChI=1S/C35H31N9O6/c1-20-29(34(47)42(39(20)3)23-11-7-5-8-12-23)38-32(45)28-27(22-15-17-25(18-16-22)44(49)50)26(19-36)33(46)41(31(28)37)30-21(2)40(4)43(35(30)48)24-13-9-6-10-14-24/h5-18,26-28,37H,1-4H3,(H,38,45). The van der Waals surface area contributed by atoms with Gasteiger partial charge in [-0.15, -0.1) is 0 Å². The SMILES string of the molecule is Cc1c(NC(=O)C2C(=N)N(c3c(C)n(C)n(-c4ccccc4)c3=O)C(=O)C(C#N)C2c2ccc([N+](=O)[O-])cc2)c(=O)n(-c2ccccc2)n1C. The molecular weight excluding hydrogens is 642 g/mol. The first-order valence-corrected chi connectivity index (χ1v) is 15.4. The summed E-state index contributed by atoms with van der Waals surface area (Å²) in [7, 11) is 3.25. The summed E-state index contributed by atoms with van der Waals surface area (Å²) in [5, 5.41) is 33.9. The zero-order valence-corrected chi connectivity index (χ0v) is 27.4. The van der Waals surface area contributed by atoms with E-state index in [1.165, 1.54) is 38.3 Å². The number of carbonyl (C=O) groups excluding carboxylic acids is 2. The number of aromatic nitrogens is 4. The second-order valence-corrected chi connectivity index (χ2v) is 11.9. The zero-order valence-electron chi connectivity index (χ0n) is 27.4. The van der Waals surface area contributed by atoms with Gasteiger partial charge in [0.05, 0.1) is 33.8 Å². The molecule has 0 radical (unpaired) electrons. The fraction of sp³-hybridized carbons (Fsp3) is 0.200. The molecule has 3 atom stereocenters. The lowest BCUT2D eigenvalue weighted by molar-refractivity contribution is -0.384. The number of benzene rings is 3. The van der Waals surface area contributed by atoms with Crippen molar-refractivity contribution >= 4 is 34.7 Å². The van der Waals surface area contributed by atoms with Crippen LogP contribution in [0.15, 0.2) is 94.5 Å². The maximum Gasteiger partial charge on any atom is 0.296 e. The fourth-order valence-electron chi connectivity index (χ4n) is 6.49. The average molecular weight is 674 g/mol. The van der Waals surface area contributed by atoms with E-state index in [-0.39, 0.29) is 28.3 Å². The number of rotatable bonds is 7. The maximum absolute atomic E-state index is 14.5. The first-order chi connectivity index (χ1) is 23.9. The van der Waals surface area contributed by atoms with Crippen molar-refractivity contribution in [2.45, 2.75) is 19.8 Å². The second kappa shape index (κ2) is 12.7. The molecule has 50 heavy (non-hydrogen) atoms. The molecule has 15 heteroatoms. The molecule has 1 aliphatic heterocycles. The highest BCUT2D eigenvalue weighted by molar-refractivity contribution is 6.26. The molecule has 6 rings (SSSR count). The number of amidine groups is 1. The molecule has 3 heterocycles. The maximum atomic E-state index is 14.5. The van der Waals surface area contributed by atoms with Crippen LogP contribution in [-0.4, -0.2) is 41.3 Å². The summed E-state index contributed by atoms with van der Waals surface area (Å²) < 4.78 is 5.73. The van der Waals surface area contributed by atoms with Crippen molar-refractivity contribution in [3.63, 3.8) is 0 Å². The first-order valence-electron chi connectivity index (χ1n) is 15.4. The molecule has 1 fully saturated rings. The number of nitrogens with one attached hydrogen (secondary N) is 2. The molecule has 2 amide bonds. The van der Waals surface area contributed by atoms with E-state index in [1.807, 2.05) is 6.07 Å². The third kappa shape index (κ3) is 5.19. The van der Waals surface area contributed by atoms with Gasteiger partial charge in [0, 0.05) is 32.1 Å². The normalized spacial score (nSPS) is 17.4. The van der Waals surface area contributed by atoms with Crippen LogP contribution in [0.1, 0.15) is 22.9 Å². The van der Waals surface area contributed by atoms with Crippen molar-refractivity contribution in [2.75, 3.05) is 10.2 Å². The van der Waals surface area contributed by atoms with Gasteiger partial charge in [-0.1, -0.05) is 48.5 Å². The van der Waals surface area contributed by atoms with Crippen LogP contribution < -0.4 is 21.3 Å². The summed E-state index contributed by atoms with van der Waals surface area (Å²) in [6.07, 6.45) is 0. The van der Waals surface area contributed by atoms with Gasteiger partial charge in [0.15, 0.2) is 0 Å². The number of nitriles is 1. The van der Waals surface area contributed by atoms with E-state index in [0.717, 1.165) is 4.90 Å². The van der Waals surface area contributed by atoms with Crippen molar-refractivity contribution in [1.29, 1.82) is 10.7 Å². The minimum Gasteiger partial charge on any atom is -0.319 e. The highest BCUT2D eigenvalue weighted by Crippen LogP contribution is 2.42. The number of hydrogen-bond acceptors (Lipinski definition) is 8. The largest absolute Gasteiger partial charge is 0.319 e. The van der Waals surface area contributed by atoms with Gasteiger partial charge in [0.25, 0.3) is 22.7 Å². The predicted octanol–water partition coefficient (Wildman–Crippen LogP) is 3.69. The molecule has 0 saturated carbocycles. The summed E-state index contributed by atoms with van der Waals surface area (Å²) in [6, 6.07) is 24.4. The molecule has 5 aromatic rings. The average Bonchev–Trinajstić information content (AvgIpc) is 3.46. The Morgan fingerprint density at radius 2 is 1.36 bits per heavy atom. The molecule has 3 aromatic carbocycles. The van der Waals surface area contributed by atoms with Crippen molar-refractivity contribution < 1.29 is 14.5 Å². The first kappa shape index (κ1) is 33.1. The van der Waals surface area contributed by atoms with Gasteiger partial charge >= 0.3 is 0 Å². The van der Waals surface area contributed by atoms with Gasteiger partial charge < -0.3 is 5.32 Å². The van der Waals surface area contributed by atoms with Gasteiger partial charge in [0.2, 0.25) is 5.91 Å². The van der Waals surface area contributed by atoms with E-state index in [1.54, 1.807) is 93.3 Å². The van der Waals surface area contributed by atoms with Crippen molar-refractivity contribution in [3.8, 4) is 17.4 Å². The highest BCUT2D eigenvalue weighted by Gasteiger charge is 2.52. The molecule has 15 nitrogen and oxygen atoms in total. The van der Waals surface area contributed by atoms with Gasteiger partial charge in [-0.3, -0.25) is 49.0 Å². The zero-order chi connectivity index (χ0) is 36.0. The van der Waals surface area contributed by atoms with Gasteiger partial charge in [0.1, 0.15) is 29.0 Å². The van der Waals surface area contributed by atoms with Crippen LogP contribution in [0.3, 0.4) is 0 Å². The number of nitrogens with zero attached hydrogens (tertiary/aromatic N) is 7. The van der Waals surface area contributed by atoms with Crippen molar-refractivity contribution in [1.82, 2.24) is 18.7 Å². The Bertz CT molecular complexity index is 2350. The molecule has 3 unspecified atom stereocenters. The molecular formula is C35H31N9O6. The number of para-hydroxylation sites is 2. The van der Waals surface area contributed by atoms with Gasteiger partial charge in [-0.25, -0.2) is 9.36 Å². The van der Waals surface area contributed by atoms with Crippen LogP contribution in [-0.2, 0) is 23.7 Å². The van der Waals surface area contributed by atoms with Crippen LogP contribution in [0.4, 0.5) is 17.1 Å². The number of amides is 2. The van der Waals surface area contributed by atoms with E-state index >= 15 is 0 Å². The number of hydrogen-bond donors (Lipinski definition) is 2. The quantitative estimate of drug-likeness (QED) is 0.194. The van der Waals surface area contributed by atoms with Crippen LogP contribution >= 0.6 is 0 Å². The number of nitro groups is 1. The summed E-state index contributed by atoms with van der Waals surface area (Å²) in [5.41, 5.74) is 0.106. The number of piperidine rings is 1. The summed E-state index contributed by atoms with van der Waals surface area (Å²) in [6.45, 7) is 3.21. The molecule has 0 spiro atoms. The molecule has 1 saturated heterocycles. The number of carbonyl (C=O) groups is 2. The van der Waals surface area contributed by atoms with E-state index in [2.05, 4.69) is 5.32 Å². The monoisotopic (exact) mass is 673 g/mol. The lowest BCUT2D eigenvalue weighted by atomic mass is 9.72. The molecule has 2 aromatic heterocycles. The van der Waals surface area contributed by atoms with E-state index in [9.17, 15) is 40.0 Å². The molecule has 0 aliphatic carbocycles. The Morgan fingerprint density at radius 1 is 0.840 bits per heavy atom. The van der Waals surface area contributed by atoms with E-state index < -0.39 is 51.4 Å². The number of nitro benzene ring substituents is 1. The van der Waals surface area contributed by atoms with E-state index in [0.29, 0.717) is 17.1 Å². The number of non-ortho nitro benzene ring substituents is 1. The van der Waals surface area contributed by atoms with Crippen LogP contribution in [0.2, 0.25) is 0 Å². The third-order valence-corrected chi connectivity index (χ3v) is 9.20. The van der Waals surface area contributed by atoms with E-state index in [4.69, 9.17) is 0 Å². The molecule has 252 valence electrons. The lowest BCUT2D eigenvalue weighted by Crippen LogP contribution is -2.57. The summed E-state index contributed by atoms with van der Waals surface area (Å²) in [5.74, 6) is -6.93. The Hall–Kier alpha value is -6.82. The van der Waals surface area contributed by atoms with Crippen molar-refractivity contribution in [3.05, 3.63) is 133 Å². The molecule has 0 bridgehead atoms. The second-order valence-electron chi connectivity index (χ2n) is 11.9. The fourth-order valence-corrected chi connectivity index (χ4v) is 6.49. The minimum absolute atomic E-state index is 0.0871. The highest BCUT2D eigenvalue weighted by atomic mass is 16.6. The minimum atomic E-state index is -1.61. The van der Waals surface area contributed by atoms with Gasteiger partial charge in [-0.05, 0) is 43.7 Å². The smallest absolute Gasteiger partial charge is 0.296 e. The van der Waals surface area contributed by atoms with Crippen LogP contribution in [0.5, 0.6) is 0 Å². The number of anilines is 2. The predicted molar refractivity (Wildman–Crippen MR) is 184 cm³/mol. The Labute approximate surface area is 284 Å². The van der Waals surface area contributed by atoms with Crippen LogP contribution in [0.25, 0.3) is 11.4 Å². The Balaban J connectivity index is 1.51. The Morgan fingerprint density at radius 3 is 1.88 bits per heavy atom. The topological polar surface area (TPSA) is 194 Å². The lowest BCUT2D eigenvalue weighted by Gasteiger charge is -2.40. The van der Waals surface area contributed by atoms with Gasteiger partial charge in [-0.2, -0.15) is 5.26 Å². The Kier molecular flexibility index (Phi) is 8.38. The molecule has 1 aliphatic rings. The van der Waals surface area contributed by atoms with Crippen molar-refractivity contribution in [2.24, 2.45) is 25.9 Å². The summed E-state index contributed by atoms with van der Waals surface area (Å²) in [4.78, 5) is 68.1. The molecule has 2 N–H and O–H groups in total.